The second-order valence-electron chi connectivity index (χ2n) is 6.74. The van der Waals surface area contributed by atoms with Gasteiger partial charge >= 0.3 is 0 Å². The lowest BCUT2D eigenvalue weighted by Gasteiger charge is -2.09. The molecule has 4 rings (SSSR count). The van der Waals surface area contributed by atoms with E-state index < -0.39 is 0 Å². The monoisotopic (exact) mass is 361 g/mol. The Morgan fingerprint density at radius 3 is 2.56 bits per heavy atom. The molecule has 0 radical (unpaired) electrons. The van der Waals surface area contributed by atoms with E-state index in [0.717, 1.165) is 42.6 Å². The predicted octanol–water partition coefficient (Wildman–Crippen LogP) is 4.40. The van der Waals surface area contributed by atoms with Crippen molar-refractivity contribution < 1.29 is 9.53 Å². The summed E-state index contributed by atoms with van der Waals surface area (Å²) in [5.41, 5.74) is 4.39. The zero-order chi connectivity index (χ0) is 18.6. The van der Waals surface area contributed by atoms with E-state index >= 15 is 0 Å². The van der Waals surface area contributed by atoms with Gasteiger partial charge in [0.2, 0.25) is 0 Å². The van der Waals surface area contributed by atoms with Crippen molar-refractivity contribution in [3.8, 4) is 11.4 Å². The first-order chi connectivity index (χ1) is 13.3. The van der Waals surface area contributed by atoms with Gasteiger partial charge in [0.05, 0.1) is 18.5 Å². The van der Waals surface area contributed by atoms with E-state index in [1.54, 1.807) is 7.11 Å². The van der Waals surface area contributed by atoms with E-state index in [1.807, 2.05) is 59.3 Å². The van der Waals surface area contributed by atoms with Crippen LogP contribution in [0.1, 0.15) is 41.0 Å². The first-order valence-corrected chi connectivity index (χ1v) is 9.38. The van der Waals surface area contributed by atoms with Crippen LogP contribution in [0.5, 0.6) is 5.75 Å². The van der Waals surface area contributed by atoms with Crippen LogP contribution in [0, 0.1) is 0 Å². The third kappa shape index (κ3) is 3.45. The highest BCUT2D eigenvalue weighted by Crippen LogP contribution is 2.28. The highest BCUT2D eigenvalue weighted by Gasteiger charge is 2.25. The Morgan fingerprint density at radius 2 is 1.74 bits per heavy atom. The summed E-state index contributed by atoms with van der Waals surface area (Å²) in [6, 6.07) is 17.5. The average molecular weight is 361 g/mol. The van der Waals surface area contributed by atoms with Gasteiger partial charge in [0, 0.05) is 11.3 Å². The quantitative estimate of drug-likeness (QED) is 0.701. The van der Waals surface area contributed by atoms with Crippen LogP contribution < -0.4 is 10.1 Å². The Kier molecular flexibility index (Phi) is 4.92. The summed E-state index contributed by atoms with van der Waals surface area (Å²) in [4.78, 5) is 13.1. The minimum atomic E-state index is -0.188. The number of nitrogens with zero attached hydrogens (tertiary/aromatic N) is 2. The van der Waals surface area contributed by atoms with Crippen LogP contribution >= 0.6 is 0 Å². The van der Waals surface area contributed by atoms with Gasteiger partial charge in [0.1, 0.15) is 5.75 Å². The number of aromatic nitrogens is 2. The highest BCUT2D eigenvalue weighted by molar-refractivity contribution is 6.04. The third-order valence-electron chi connectivity index (χ3n) is 5.00. The number of amides is 1. The van der Waals surface area contributed by atoms with Crippen molar-refractivity contribution in [3.05, 3.63) is 71.5 Å². The second kappa shape index (κ2) is 7.66. The smallest absolute Gasteiger partial charge is 0.276 e. The van der Waals surface area contributed by atoms with E-state index in [-0.39, 0.29) is 5.91 Å². The molecule has 1 heterocycles. The van der Waals surface area contributed by atoms with E-state index in [2.05, 4.69) is 5.32 Å². The van der Waals surface area contributed by atoms with Gasteiger partial charge in [-0.2, -0.15) is 5.10 Å². The van der Waals surface area contributed by atoms with Crippen LogP contribution in [0.25, 0.3) is 5.69 Å². The SMILES string of the molecule is COc1ccccc1NC(=O)c1nn(-c2ccccc2)c2c1CCCCC2. The Hall–Kier alpha value is -3.08. The Balaban J connectivity index is 1.74. The van der Waals surface area contributed by atoms with Crippen molar-refractivity contribution in [2.24, 2.45) is 0 Å². The van der Waals surface area contributed by atoms with Crippen LogP contribution in [0.15, 0.2) is 54.6 Å². The number of nitrogens with one attached hydrogen (secondary N) is 1. The Labute approximate surface area is 159 Å². The van der Waals surface area contributed by atoms with Crippen molar-refractivity contribution in [3.63, 3.8) is 0 Å². The summed E-state index contributed by atoms with van der Waals surface area (Å²) in [5.74, 6) is 0.451. The minimum Gasteiger partial charge on any atom is -0.495 e. The normalized spacial score (nSPS) is 13.5. The first kappa shape index (κ1) is 17.3. The number of fused-ring (bicyclic) bond motifs is 1. The lowest BCUT2D eigenvalue weighted by molar-refractivity contribution is 0.102. The molecule has 1 N–H and O–H groups in total. The summed E-state index contributed by atoms with van der Waals surface area (Å²) in [6.45, 7) is 0. The molecule has 1 amide bonds. The molecule has 0 unspecified atom stereocenters. The standard InChI is InChI=1S/C22H23N3O2/c1-27-20-15-9-8-13-18(20)23-22(26)21-17-12-6-3-7-14-19(17)25(24-21)16-10-4-2-5-11-16/h2,4-5,8-11,13,15H,3,6-7,12,14H2,1H3,(H,23,26). The summed E-state index contributed by atoms with van der Waals surface area (Å²) in [6.07, 6.45) is 5.22. The number of methoxy groups -OCH3 is 1. The van der Waals surface area contributed by atoms with E-state index in [4.69, 9.17) is 9.84 Å². The first-order valence-electron chi connectivity index (χ1n) is 9.38. The number of para-hydroxylation sites is 3. The summed E-state index contributed by atoms with van der Waals surface area (Å²) in [5, 5.41) is 7.69. The van der Waals surface area contributed by atoms with Crippen LogP contribution in [-0.2, 0) is 12.8 Å². The molecule has 0 aliphatic heterocycles. The van der Waals surface area contributed by atoms with Gasteiger partial charge in [-0.25, -0.2) is 4.68 Å². The minimum absolute atomic E-state index is 0.188. The zero-order valence-electron chi connectivity index (χ0n) is 15.4. The molecule has 0 bridgehead atoms. The fraction of sp³-hybridized carbons (Fsp3) is 0.273. The number of carbonyl (C=O) groups is 1. The summed E-state index contributed by atoms with van der Waals surface area (Å²) >= 11 is 0. The van der Waals surface area contributed by atoms with Crippen LogP contribution in [0.3, 0.4) is 0 Å². The molecule has 5 nitrogen and oxygen atoms in total. The maximum atomic E-state index is 13.1. The van der Waals surface area contributed by atoms with E-state index in [9.17, 15) is 4.79 Å². The maximum absolute atomic E-state index is 13.1. The van der Waals surface area contributed by atoms with Crippen LogP contribution in [0.2, 0.25) is 0 Å². The van der Waals surface area contributed by atoms with Crippen molar-refractivity contribution in [1.82, 2.24) is 9.78 Å². The van der Waals surface area contributed by atoms with Gasteiger partial charge in [-0.05, 0) is 49.9 Å². The van der Waals surface area contributed by atoms with E-state index in [1.165, 1.54) is 6.42 Å². The van der Waals surface area contributed by atoms with Crippen LogP contribution in [0.4, 0.5) is 5.69 Å². The Morgan fingerprint density at radius 1 is 1.00 bits per heavy atom. The van der Waals surface area contributed by atoms with Crippen molar-refractivity contribution in [2.75, 3.05) is 12.4 Å². The molecule has 0 fully saturated rings. The molecule has 2 aromatic carbocycles. The van der Waals surface area contributed by atoms with Gasteiger partial charge in [0.15, 0.2) is 5.69 Å². The number of rotatable bonds is 4. The molecule has 1 aromatic heterocycles. The molecule has 5 heteroatoms. The lowest BCUT2D eigenvalue weighted by atomic mass is 10.1. The summed E-state index contributed by atoms with van der Waals surface area (Å²) < 4.78 is 7.29. The topological polar surface area (TPSA) is 56.1 Å². The number of hydrogen-bond acceptors (Lipinski definition) is 3. The van der Waals surface area contributed by atoms with Crippen LogP contribution in [-0.4, -0.2) is 22.8 Å². The van der Waals surface area contributed by atoms with Gasteiger partial charge in [-0.15, -0.1) is 0 Å². The number of hydrogen-bond donors (Lipinski definition) is 1. The molecule has 138 valence electrons. The lowest BCUT2D eigenvalue weighted by Crippen LogP contribution is -2.15. The zero-order valence-corrected chi connectivity index (χ0v) is 15.4. The average Bonchev–Trinajstić information content (AvgIpc) is 2.90. The fourth-order valence-corrected chi connectivity index (χ4v) is 3.67. The number of anilines is 1. The van der Waals surface area contributed by atoms with Gasteiger partial charge in [-0.1, -0.05) is 36.8 Å². The molecule has 0 spiro atoms. The molecule has 0 saturated carbocycles. The number of carbonyl (C=O) groups excluding carboxylic acids is 1. The maximum Gasteiger partial charge on any atom is 0.276 e. The van der Waals surface area contributed by atoms with E-state index in [0.29, 0.717) is 17.1 Å². The van der Waals surface area contributed by atoms with Crippen molar-refractivity contribution >= 4 is 11.6 Å². The molecule has 0 saturated heterocycles. The van der Waals surface area contributed by atoms with Gasteiger partial charge in [0.25, 0.3) is 5.91 Å². The highest BCUT2D eigenvalue weighted by atomic mass is 16.5. The van der Waals surface area contributed by atoms with Gasteiger partial charge in [-0.3, -0.25) is 4.79 Å². The fourth-order valence-electron chi connectivity index (χ4n) is 3.67. The number of ether oxygens (including phenoxy) is 1. The third-order valence-corrected chi connectivity index (χ3v) is 5.00. The van der Waals surface area contributed by atoms with Gasteiger partial charge < -0.3 is 10.1 Å². The Bertz CT molecular complexity index is 947. The molecule has 0 atom stereocenters. The second-order valence-corrected chi connectivity index (χ2v) is 6.74. The van der Waals surface area contributed by atoms with Crippen molar-refractivity contribution in [2.45, 2.75) is 32.1 Å². The molecule has 3 aromatic rings. The summed E-state index contributed by atoms with van der Waals surface area (Å²) in [7, 11) is 1.60. The number of benzene rings is 2. The van der Waals surface area contributed by atoms with Crippen molar-refractivity contribution in [1.29, 1.82) is 0 Å². The molecule has 27 heavy (non-hydrogen) atoms. The largest absolute Gasteiger partial charge is 0.495 e. The predicted molar refractivity (Wildman–Crippen MR) is 106 cm³/mol. The molecule has 1 aliphatic rings. The molecule has 1 aliphatic carbocycles. The molecular weight excluding hydrogens is 338 g/mol. The molecular formula is C22H23N3O2.